The third-order valence-electron chi connectivity index (χ3n) is 5.48. The first-order valence-corrected chi connectivity index (χ1v) is 10.1. The average Bonchev–Trinajstić information content (AvgIpc) is 3.43. The highest BCUT2D eigenvalue weighted by Gasteiger charge is 2.34. The van der Waals surface area contributed by atoms with Crippen LogP contribution in [0.15, 0.2) is 23.2 Å². The fourth-order valence-corrected chi connectivity index (χ4v) is 3.78. The summed E-state index contributed by atoms with van der Waals surface area (Å²) in [6, 6.07) is 6.83. The van der Waals surface area contributed by atoms with Crippen LogP contribution >= 0.6 is 0 Å². The first-order chi connectivity index (χ1) is 13.1. The third kappa shape index (κ3) is 5.28. The number of likely N-dealkylation sites (tertiary alicyclic amines) is 1. The van der Waals surface area contributed by atoms with Gasteiger partial charge in [-0.2, -0.15) is 0 Å². The Bertz CT molecular complexity index is 645. The van der Waals surface area contributed by atoms with Gasteiger partial charge in [-0.05, 0) is 50.8 Å². The van der Waals surface area contributed by atoms with E-state index in [0.717, 1.165) is 48.7 Å². The van der Waals surface area contributed by atoms with Crippen molar-refractivity contribution < 1.29 is 9.47 Å². The molecule has 0 radical (unpaired) electrons. The molecule has 1 saturated heterocycles. The normalized spacial score (nSPS) is 20.6. The van der Waals surface area contributed by atoms with Gasteiger partial charge in [0.25, 0.3) is 0 Å². The lowest BCUT2D eigenvalue weighted by molar-refractivity contribution is 0.315. The molecule has 0 aromatic heterocycles. The molecule has 0 spiro atoms. The van der Waals surface area contributed by atoms with Crippen molar-refractivity contribution in [1.29, 1.82) is 0 Å². The molecular weight excluding hydrogens is 340 g/mol. The second-order valence-corrected chi connectivity index (χ2v) is 7.61. The Balaban J connectivity index is 1.61. The summed E-state index contributed by atoms with van der Waals surface area (Å²) >= 11 is 0. The molecule has 27 heavy (non-hydrogen) atoms. The summed E-state index contributed by atoms with van der Waals surface area (Å²) in [6.07, 6.45) is 4.06. The van der Waals surface area contributed by atoms with E-state index in [9.17, 15) is 0 Å². The second kappa shape index (κ2) is 9.31. The Hall–Kier alpha value is -1.95. The van der Waals surface area contributed by atoms with Crippen LogP contribution in [0.4, 0.5) is 0 Å². The van der Waals surface area contributed by atoms with Crippen LogP contribution in [-0.2, 0) is 6.54 Å². The maximum absolute atomic E-state index is 5.54. The zero-order chi connectivity index (χ0) is 19.2. The minimum absolute atomic E-state index is 0.683. The smallest absolute Gasteiger partial charge is 0.193 e. The van der Waals surface area contributed by atoms with Crippen LogP contribution in [0.3, 0.4) is 0 Å². The summed E-state index contributed by atoms with van der Waals surface area (Å²) in [5.74, 6) is 3.29. The van der Waals surface area contributed by atoms with Gasteiger partial charge in [-0.15, -0.1) is 0 Å². The van der Waals surface area contributed by atoms with Gasteiger partial charge in [0.1, 0.15) is 11.5 Å². The van der Waals surface area contributed by atoms with Crippen LogP contribution in [0, 0.1) is 5.92 Å². The van der Waals surface area contributed by atoms with Gasteiger partial charge >= 0.3 is 0 Å². The SMILES string of the molecule is CCNC(=NCC1CCN(C2CC2)C1)N(C)Cc1ccc(OC)cc1OC. The molecule has 1 aliphatic heterocycles. The number of guanidine groups is 1. The third-order valence-corrected chi connectivity index (χ3v) is 5.48. The van der Waals surface area contributed by atoms with Crippen molar-refractivity contribution in [2.75, 3.05) is 47.4 Å². The molecule has 1 N–H and O–H groups in total. The highest BCUT2D eigenvalue weighted by Crippen LogP contribution is 2.31. The molecule has 150 valence electrons. The summed E-state index contributed by atoms with van der Waals surface area (Å²) in [6.45, 7) is 7.07. The van der Waals surface area contributed by atoms with Gasteiger partial charge in [0.05, 0.1) is 14.2 Å². The molecule has 2 fully saturated rings. The zero-order valence-corrected chi connectivity index (χ0v) is 17.2. The standard InChI is InChI=1S/C21H34N4O2/c1-5-22-21(23-13-16-10-11-25(14-16)18-7-8-18)24(2)15-17-6-9-19(26-3)12-20(17)27-4/h6,9,12,16,18H,5,7-8,10-11,13-15H2,1-4H3,(H,22,23). The van der Waals surface area contributed by atoms with Crippen LogP contribution in [0.5, 0.6) is 11.5 Å². The number of rotatable bonds is 8. The number of ether oxygens (including phenoxy) is 2. The second-order valence-electron chi connectivity index (χ2n) is 7.61. The van der Waals surface area contributed by atoms with E-state index in [2.05, 4.69) is 35.2 Å². The Morgan fingerprint density at radius 1 is 1.26 bits per heavy atom. The first kappa shape index (κ1) is 19.8. The van der Waals surface area contributed by atoms with Crippen molar-refractivity contribution in [3.8, 4) is 11.5 Å². The van der Waals surface area contributed by atoms with Crippen LogP contribution in [0.1, 0.15) is 31.7 Å². The maximum atomic E-state index is 5.54. The first-order valence-electron chi connectivity index (χ1n) is 10.1. The lowest BCUT2D eigenvalue weighted by Crippen LogP contribution is -2.39. The maximum Gasteiger partial charge on any atom is 0.193 e. The van der Waals surface area contributed by atoms with E-state index in [1.807, 2.05) is 12.1 Å². The minimum Gasteiger partial charge on any atom is -0.497 e. The summed E-state index contributed by atoms with van der Waals surface area (Å²) < 4.78 is 10.8. The molecule has 6 heteroatoms. The fourth-order valence-electron chi connectivity index (χ4n) is 3.78. The molecule has 0 amide bonds. The monoisotopic (exact) mass is 374 g/mol. The number of hydrogen-bond donors (Lipinski definition) is 1. The number of nitrogens with zero attached hydrogens (tertiary/aromatic N) is 3. The molecule has 1 saturated carbocycles. The van der Waals surface area contributed by atoms with E-state index in [0.29, 0.717) is 5.92 Å². The Kier molecular flexibility index (Phi) is 6.83. The summed E-state index contributed by atoms with van der Waals surface area (Å²) in [4.78, 5) is 9.75. The highest BCUT2D eigenvalue weighted by molar-refractivity contribution is 5.79. The molecule has 1 heterocycles. The average molecular weight is 375 g/mol. The predicted molar refractivity (Wildman–Crippen MR) is 110 cm³/mol. The molecule has 1 aromatic rings. The summed E-state index contributed by atoms with van der Waals surface area (Å²) in [7, 11) is 5.45. The molecule has 1 unspecified atom stereocenters. The fraction of sp³-hybridized carbons (Fsp3) is 0.667. The van der Waals surface area contributed by atoms with Gasteiger partial charge in [0.2, 0.25) is 0 Å². The van der Waals surface area contributed by atoms with E-state index in [1.165, 1.54) is 32.4 Å². The largest absolute Gasteiger partial charge is 0.497 e. The lowest BCUT2D eigenvalue weighted by atomic mass is 10.1. The van der Waals surface area contributed by atoms with E-state index < -0.39 is 0 Å². The van der Waals surface area contributed by atoms with Crippen LogP contribution < -0.4 is 14.8 Å². The molecule has 0 bridgehead atoms. The van der Waals surface area contributed by atoms with E-state index >= 15 is 0 Å². The topological polar surface area (TPSA) is 49.3 Å². The molecule has 3 rings (SSSR count). The van der Waals surface area contributed by atoms with Gasteiger partial charge in [0, 0.05) is 50.9 Å². The van der Waals surface area contributed by atoms with Crippen molar-refractivity contribution in [3.05, 3.63) is 23.8 Å². The number of hydrogen-bond acceptors (Lipinski definition) is 4. The van der Waals surface area contributed by atoms with Crippen molar-refractivity contribution >= 4 is 5.96 Å². The predicted octanol–water partition coefficient (Wildman–Crippen LogP) is 2.59. The van der Waals surface area contributed by atoms with Crippen LogP contribution in [0.25, 0.3) is 0 Å². The van der Waals surface area contributed by atoms with Crippen LogP contribution in [-0.4, -0.2) is 69.2 Å². The van der Waals surface area contributed by atoms with E-state index in [4.69, 9.17) is 14.5 Å². The van der Waals surface area contributed by atoms with Crippen LogP contribution in [0.2, 0.25) is 0 Å². The lowest BCUT2D eigenvalue weighted by Gasteiger charge is -2.24. The van der Waals surface area contributed by atoms with Gasteiger partial charge < -0.3 is 24.6 Å². The Morgan fingerprint density at radius 3 is 2.74 bits per heavy atom. The number of benzene rings is 1. The molecule has 6 nitrogen and oxygen atoms in total. The van der Waals surface area contributed by atoms with Gasteiger partial charge in [0.15, 0.2) is 5.96 Å². The molecule has 1 aliphatic carbocycles. The quantitative estimate of drug-likeness (QED) is 0.560. The number of aliphatic imine (C=N–C) groups is 1. The van der Waals surface area contributed by atoms with Gasteiger partial charge in [-0.25, -0.2) is 0 Å². The Labute approximate surface area is 163 Å². The Morgan fingerprint density at radius 2 is 2.07 bits per heavy atom. The van der Waals surface area contributed by atoms with E-state index in [-0.39, 0.29) is 0 Å². The number of nitrogens with one attached hydrogen (secondary N) is 1. The zero-order valence-electron chi connectivity index (χ0n) is 17.2. The number of methoxy groups -OCH3 is 2. The summed E-state index contributed by atoms with van der Waals surface area (Å²) in [5, 5.41) is 3.43. The van der Waals surface area contributed by atoms with Crippen molar-refractivity contribution in [1.82, 2.24) is 15.1 Å². The van der Waals surface area contributed by atoms with Gasteiger partial charge in [-0.3, -0.25) is 4.99 Å². The summed E-state index contributed by atoms with van der Waals surface area (Å²) in [5.41, 5.74) is 1.12. The highest BCUT2D eigenvalue weighted by atomic mass is 16.5. The molecule has 1 atom stereocenters. The van der Waals surface area contributed by atoms with E-state index in [1.54, 1.807) is 14.2 Å². The van der Waals surface area contributed by atoms with Gasteiger partial charge in [-0.1, -0.05) is 0 Å². The molecule has 2 aliphatic rings. The van der Waals surface area contributed by atoms with Crippen molar-refractivity contribution in [3.63, 3.8) is 0 Å². The van der Waals surface area contributed by atoms with Crippen molar-refractivity contribution in [2.24, 2.45) is 10.9 Å². The molecular formula is C21H34N4O2. The minimum atomic E-state index is 0.683. The van der Waals surface area contributed by atoms with Crippen molar-refractivity contribution in [2.45, 2.75) is 38.8 Å². The molecule has 1 aromatic carbocycles.